The minimum absolute atomic E-state index is 0.0994. The van der Waals surface area contributed by atoms with Gasteiger partial charge in [0.05, 0.1) is 11.8 Å². The first-order chi connectivity index (χ1) is 9.11. The van der Waals surface area contributed by atoms with Gasteiger partial charge in [-0.2, -0.15) is 0 Å². The molecule has 0 atom stereocenters. The molecule has 2 rings (SSSR count). The van der Waals surface area contributed by atoms with Crippen LogP contribution in [0.25, 0.3) is 0 Å². The fraction of sp³-hybridized carbons (Fsp3) is 0.533. The number of ether oxygens (including phenoxy) is 1. The third-order valence-electron chi connectivity index (χ3n) is 3.54. The number of Topliss-reactive ketones (excluding diaryl/α,β-unsaturated/α-hetero) is 1. The van der Waals surface area contributed by atoms with Gasteiger partial charge in [0, 0.05) is 29.7 Å². The number of ketones is 1. The fourth-order valence-electron chi connectivity index (χ4n) is 2.48. The number of benzene rings is 1. The Balaban J connectivity index is 2.05. The van der Waals surface area contributed by atoms with Crippen molar-refractivity contribution in [2.75, 3.05) is 24.6 Å². The summed E-state index contributed by atoms with van der Waals surface area (Å²) >= 11 is 3.57. The lowest BCUT2D eigenvalue weighted by atomic mass is 10.1. The number of hydrogen-bond acceptors (Lipinski definition) is 3. The Kier molecular flexibility index (Phi) is 4.99. The third kappa shape index (κ3) is 3.57. The lowest BCUT2D eigenvalue weighted by Gasteiger charge is -2.34. The summed E-state index contributed by atoms with van der Waals surface area (Å²) in [6.45, 7) is 6.44. The molecule has 0 saturated carbocycles. The Morgan fingerprint density at radius 2 is 2.11 bits per heavy atom. The summed E-state index contributed by atoms with van der Waals surface area (Å²) in [7, 11) is 0. The highest BCUT2D eigenvalue weighted by Crippen LogP contribution is 2.30. The van der Waals surface area contributed by atoms with Gasteiger partial charge < -0.3 is 9.64 Å². The van der Waals surface area contributed by atoms with Gasteiger partial charge in [0.2, 0.25) is 0 Å². The number of piperidine rings is 1. The van der Waals surface area contributed by atoms with Gasteiger partial charge in [-0.3, -0.25) is 4.79 Å². The van der Waals surface area contributed by atoms with Crippen molar-refractivity contribution in [2.45, 2.75) is 32.8 Å². The molecule has 1 aliphatic heterocycles. The maximum atomic E-state index is 11.3. The quantitative estimate of drug-likeness (QED) is 0.791. The monoisotopic (exact) mass is 325 g/mol. The van der Waals surface area contributed by atoms with Crippen molar-refractivity contribution in [2.24, 2.45) is 0 Å². The van der Waals surface area contributed by atoms with Crippen LogP contribution in [0, 0.1) is 0 Å². The van der Waals surface area contributed by atoms with E-state index in [9.17, 15) is 4.79 Å². The topological polar surface area (TPSA) is 29.5 Å². The molecular formula is C15H20BrNO2. The van der Waals surface area contributed by atoms with Crippen molar-refractivity contribution >= 4 is 27.4 Å². The zero-order valence-corrected chi connectivity index (χ0v) is 13.1. The van der Waals surface area contributed by atoms with E-state index in [1.165, 1.54) is 5.69 Å². The first kappa shape index (κ1) is 14.5. The van der Waals surface area contributed by atoms with Crippen LogP contribution in [0.5, 0.6) is 0 Å². The van der Waals surface area contributed by atoms with Crippen molar-refractivity contribution < 1.29 is 9.53 Å². The average Bonchev–Trinajstić information content (AvgIpc) is 2.40. The van der Waals surface area contributed by atoms with Crippen LogP contribution in [-0.4, -0.2) is 31.6 Å². The van der Waals surface area contributed by atoms with E-state index in [0.29, 0.717) is 6.10 Å². The van der Waals surface area contributed by atoms with Gasteiger partial charge in [0.1, 0.15) is 0 Å². The van der Waals surface area contributed by atoms with Crippen molar-refractivity contribution in [1.82, 2.24) is 0 Å². The van der Waals surface area contributed by atoms with Gasteiger partial charge in [-0.25, -0.2) is 0 Å². The van der Waals surface area contributed by atoms with E-state index in [1.807, 2.05) is 25.1 Å². The first-order valence-corrected chi connectivity index (χ1v) is 7.58. The Hall–Kier alpha value is -0.870. The van der Waals surface area contributed by atoms with Gasteiger partial charge in [-0.05, 0) is 60.8 Å². The Morgan fingerprint density at radius 3 is 2.63 bits per heavy atom. The highest BCUT2D eigenvalue weighted by Gasteiger charge is 2.21. The first-order valence-electron chi connectivity index (χ1n) is 6.79. The van der Waals surface area contributed by atoms with Crippen LogP contribution >= 0.6 is 15.9 Å². The highest BCUT2D eigenvalue weighted by molar-refractivity contribution is 9.10. The maximum absolute atomic E-state index is 11.3. The zero-order chi connectivity index (χ0) is 13.8. The molecule has 1 saturated heterocycles. The molecule has 0 spiro atoms. The minimum atomic E-state index is 0.0994. The molecule has 0 radical (unpaired) electrons. The Bertz CT molecular complexity index is 453. The minimum Gasteiger partial charge on any atom is -0.378 e. The summed E-state index contributed by atoms with van der Waals surface area (Å²) in [5.74, 6) is 0.0994. The molecule has 3 nitrogen and oxygen atoms in total. The smallest absolute Gasteiger partial charge is 0.159 e. The summed E-state index contributed by atoms with van der Waals surface area (Å²) < 4.78 is 6.66. The van der Waals surface area contributed by atoms with Crippen LogP contribution < -0.4 is 4.90 Å². The number of nitrogens with zero attached hydrogens (tertiary/aromatic N) is 1. The third-order valence-corrected chi connectivity index (χ3v) is 4.17. The summed E-state index contributed by atoms with van der Waals surface area (Å²) in [6, 6.07) is 5.84. The second-order valence-electron chi connectivity index (χ2n) is 4.86. The summed E-state index contributed by atoms with van der Waals surface area (Å²) in [4.78, 5) is 13.7. The van der Waals surface area contributed by atoms with E-state index in [1.54, 1.807) is 6.92 Å². The Labute approximate surface area is 123 Å². The predicted octanol–water partition coefficient (Wildman–Crippen LogP) is 3.66. The number of anilines is 1. The van der Waals surface area contributed by atoms with Crippen LogP contribution in [0.15, 0.2) is 22.7 Å². The van der Waals surface area contributed by atoms with Crippen molar-refractivity contribution in [1.29, 1.82) is 0 Å². The van der Waals surface area contributed by atoms with Gasteiger partial charge in [-0.1, -0.05) is 0 Å². The predicted molar refractivity (Wildman–Crippen MR) is 81.0 cm³/mol. The molecule has 1 fully saturated rings. The van der Waals surface area contributed by atoms with Crippen LogP contribution in [0.2, 0.25) is 0 Å². The second kappa shape index (κ2) is 6.53. The summed E-state index contributed by atoms with van der Waals surface area (Å²) in [6.07, 6.45) is 2.53. The van der Waals surface area contributed by atoms with Crippen LogP contribution in [0.4, 0.5) is 5.69 Å². The van der Waals surface area contributed by atoms with E-state index in [0.717, 1.165) is 42.6 Å². The highest BCUT2D eigenvalue weighted by atomic mass is 79.9. The maximum Gasteiger partial charge on any atom is 0.159 e. The van der Waals surface area contributed by atoms with E-state index >= 15 is 0 Å². The van der Waals surface area contributed by atoms with E-state index < -0.39 is 0 Å². The molecular weight excluding hydrogens is 306 g/mol. The van der Waals surface area contributed by atoms with Crippen molar-refractivity contribution in [3.8, 4) is 0 Å². The molecule has 0 aromatic heterocycles. The lowest BCUT2D eigenvalue weighted by molar-refractivity contribution is 0.0459. The van der Waals surface area contributed by atoms with Gasteiger partial charge in [0.25, 0.3) is 0 Å². The zero-order valence-electron chi connectivity index (χ0n) is 11.5. The fourth-order valence-corrected chi connectivity index (χ4v) is 3.11. The van der Waals surface area contributed by atoms with Crippen LogP contribution in [0.1, 0.15) is 37.0 Å². The van der Waals surface area contributed by atoms with Gasteiger partial charge >= 0.3 is 0 Å². The summed E-state index contributed by atoms with van der Waals surface area (Å²) in [5.41, 5.74) is 1.92. The standard InChI is InChI=1S/C15H20BrNO2/c1-3-19-13-6-8-17(9-7-13)15-5-4-12(11(2)18)10-14(15)16/h4-5,10,13H,3,6-9H2,1-2H3. The Morgan fingerprint density at radius 1 is 1.42 bits per heavy atom. The molecule has 104 valence electrons. The van der Waals surface area contributed by atoms with E-state index in [2.05, 4.69) is 20.8 Å². The van der Waals surface area contributed by atoms with E-state index in [-0.39, 0.29) is 5.78 Å². The summed E-state index contributed by atoms with van der Waals surface area (Å²) in [5, 5.41) is 0. The normalized spacial score (nSPS) is 16.7. The lowest BCUT2D eigenvalue weighted by Crippen LogP contribution is -2.37. The molecule has 1 heterocycles. The number of carbonyl (C=O) groups is 1. The van der Waals surface area contributed by atoms with Crippen molar-refractivity contribution in [3.05, 3.63) is 28.2 Å². The van der Waals surface area contributed by atoms with Crippen LogP contribution in [-0.2, 0) is 4.74 Å². The number of carbonyl (C=O) groups excluding carboxylic acids is 1. The van der Waals surface area contributed by atoms with Crippen molar-refractivity contribution in [3.63, 3.8) is 0 Å². The molecule has 0 bridgehead atoms. The molecule has 0 N–H and O–H groups in total. The molecule has 1 aromatic carbocycles. The molecule has 19 heavy (non-hydrogen) atoms. The largest absolute Gasteiger partial charge is 0.378 e. The molecule has 1 aliphatic rings. The van der Waals surface area contributed by atoms with Gasteiger partial charge in [-0.15, -0.1) is 0 Å². The molecule has 0 unspecified atom stereocenters. The molecule has 1 aromatic rings. The van der Waals surface area contributed by atoms with Gasteiger partial charge in [0.15, 0.2) is 5.78 Å². The SMILES string of the molecule is CCOC1CCN(c2ccc(C(C)=O)cc2Br)CC1. The number of hydrogen-bond donors (Lipinski definition) is 0. The van der Waals surface area contributed by atoms with E-state index in [4.69, 9.17) is 4.74 Å². The molecule has 4 heteroatoms. The average molecular weight is 326 g/mol. The molecule has 0 amide bonds. The number of halogens is 1. The molecule has 0 aliphatic carbocycles. The van der Waals surface area contributed by atoms with Crippen LogP contribution in [0.3, 0.4) is 0 Å². The second-order valence-corrected chi connectivity index (χ2v) is 5.72. The number of rotatable bonds is 4.